The van der Waals surface area contributed by atoms with Crippen LogP contribution in [0.4, 0.5) is 0 Å². The number of carboxylic acids is 1. The lowest BCUT2D eigenvalue weighted by atomic mass is 10.3. The van der Waals surface area contributed by atoms with Gasteiger partial charge in [0.2, 0.25) is 0 Å². The summed E-state index contributed by atoms with van der Waals surface area (Å²) in [5, 5.41) is 16.1. The smallest absolute Gasteiger partial charge is 0.358 e. The predicted octanol–water partition coefficient (Wildman–Crippen LogP) is 1.05. The zero-order valence-electron chi connectivity index (χ0n) is 8.95. The van der Waals surface area contributed by atoms with Gasteiger partial charge in [0, 0.05) is 6.20 Å². The van der Waals surface area contributed by atoms with Gasteiger partial charge in [-0.3, -0.25) is 0 Å². The van der Waals surface area contributed by atoms with Gasteiger partial charge >= 0.3 is 5.97 Å². The summed E-state index contributed by atoms with van der Waals surface area (Å²) in [5.74, 6) is -0.960. The monoisotopic (exact) mass is 235 g/mol. The number of carboxylic acid groups (broad SMARTS) is 1. The van der Waals surface area contributed by atoms with E-state index < -0.39 is 5.97 Å². The Morgan fingerprint density at radius 3 is 3.00 bits per heavy atom. The average molecular weight is 235 g/mol. The van der Waals surface area contributed by atoms with E-state index in [9.17, 15) is 4.79 Å². The van der Waals surface area contributed by atoms with E-state index in [0.29, 0.717) is 11.4 Å². The van der Waals surface area contributed by atoms with Crippen molar-refractivity contribution in [1.82, 2.24) is 15.3 Å². The second-order valence-corrected chi connectivity index (χ2v) is 3.24. The molecule has 7 heteroatoms. The van der Waals surface area contributed by atoms with E-state index in [4.69, 9.17) is 9.84 Å². The molecule has 7 nitrogen and oxygen atoms in total. The van der Waals surface area contributed by atoms with E-state index in [-0.39, 0.29) is 18.1 Å². The van der Waals surface area contributed by atoms with E-state index in [0.717, 1.165) is 0 Å². The second-order valence-electron chi connectivity index (χ2n) is 3.24. The third kappa shape index (κ3) is 2.39. The second kappa shape index (κ2) is 4.60. The Kier molecular flexibility index (Phi) is 2.99. The van der Waals surface area contributed by atoms with E-state index in [2.05, 4.69) is 19.9 Å². The first kappa shape index (κ1) is 11.1. The molecule has 2 heterocycles. The minimum Gasteiger partial charge on any atom is -0.485 e. The maximum atomic E-state index is 10.9. The number of ether oxygens (including phenoxy) is 1. The zero-order valence-corrected chi connectivity index (χ0v) is 8.95. The largest absolute Gasteiger partial charge is 0.485 e. The van der Waals surface area contributed by atoms with Gasteiger partial charge in [-0.1, -0.05) is 10.3 Å². The van der Waals surface area contributed by atoms with Crippen molar-refractivity contribution in [3.05, 3.63) is 35.4 Å². The van der Waals surface area contributed by atoms with Crippen molar-refractivity contribution in [2.75, 3.05) is 0 Å². The minimum absolute atomic E-state index is 0.0846. The number of rotatable bonds is 4. The topological polar surface area (TPSA) is 98.3 Å². The van der Waals surface area contributed by atoms with E-state index in [1.165, 1.54) is 12.3 Å². The molecule has 0 aliphatic rings. The highest BCUT2D eigenvalue weighted by atomic mass is 16.6. The molecule has 0 spiro atoms. The zero-order chi connectivity index (χ0) is 12.3. The number of aromatic nitrogens is 3. The molecule has 2 rings (SSSR count). The first-order valence-electron chi connectivity index (χ1n) is 4.77. The van der Waals surface area contributed by atoms with Crippen LogP contribution in [-0.2, 0) is 6.61 Å². The fourth-order valence-corrected chi connectivity index (χ4v) is 1.19. The Morgan fingerprint density at radius 2 is 2.35 bits per heavy atom. The number of pyridine rings is 1. The van der Waals surface area contributed by atoms with Crippen LogP contribution in [0.3, 0.4) is 0 Å². The number of hydrogen-bond acceptors (Lipinski definition) is 6. The molecule has 0 saturated carbocycles. The third-order valence-corrected chi connectivity index (χ3v) is 2.08. The fraction of sp³-hybridized carbons (Fsp3) is 0.200. The summed E-state index contributed by atoms with van der Waals surface area (Å²) >= 11 is 0. The van der Waals surface area contributed by atoms with Crippen LogP contribution in [0.15, 0.2) is 23.0 Å². The fourth-order valence-electron chi connectivity index (χ4n) is 1.19. The molecule has 88 valence electrons. The standard InChI is InChI=1S/C10H9N3O4/c1-6-7(13-17-12-6)5-16-8-3-2-4-11-9(8)10(14)15/h2-4H,5H2,1H3,(H,14,15). The van der Waals surface area contributed by atoms with Gasteiger partial charge in [-0.25, -0.2) is 14.4 Å². The van der Waals surface area contributed by atoms with Crippen LogP contribution in [0.2, 0.25) is 0 Å². The maximum Gasteiger partial charge on any atom is 0.358 e. The molecular formula is C10H9N3O4. The number of hydrogen-bond donors (Lipinski definition) is 1. The highest BCUT2D eigenvalue weighted by molar-refractivity contribution is 5.88. The third-order valence-electron chi connectivity index (χ3n) is 2.08. The van der Waals surface area contributed by atoms with Crippen LogP contribution in [0.1, 0.15) is 21.9 Å². The molecule has 0 radical (unpaired) electrons. The molecule has 2 aromatic rings. The Hall–Kier alpha value is -2.44. The van der Waals surface area contributed by atoms with E-state index >= 15 is 0 Å². The molecule has 17 heavy (non-hydrogen) atoms. The summed E-state index contributed by atoms with van der Waals surface area (Å²) in [5.41, 5.74) is 0.984. The van der Waals surface area contributed by atoms with Gasteiger partial charge in [0.1, 0.15) is 18.0 Å². The lowest BCUT2D eigenvalue weighted by Gasteiger charge is -2.05. The maximum absolute atomic E-state index is 10.9. The van der Waals surface area contributed by atoms with Crippen LogP contribution < -0.4 is 4.74 Å². The number of aromatic carboxylic acids is 1. The predicted molar refractivity (Wildman–Crippen MR) is 54.6 cm³/mol. The molecule has 0 bridgehead atoms. The first-order chi connectivity index (χ1) is 8.18. The minimum atomic E-state index is -1.14. The Balaban J connectivity index is 2.14. The summed E-state index contributed by atoms with van der Waals surface area (Å²) in [6, 6.07) is 3.12. The van der Waals surface area contributed by atoms with Gasteiger partial charge in [0.05, 0.1) is 0 Å². The summed E-state index contributed by atoms with van der Waals surface area (Å²) < 4.78 is 9.82. The van der Waals surface area contributed by atoms with Crippen LogP contribution in [0.5, 0.6) is 5.75 Å². The lowest BCUT2D eigenvalue weighted by molar-refractivity contribution is 0.0684. The lowest BCUT2D eigenvalue weighted by Crippen LogP contribution is -2.06. The van der Waals surface area contributed by atoms with Crippen molar-refractivity contribution < 1.29 is 19.3 Å². The highest BCUT2D eigenvalue weighted by Crippen LogP contribution is 2.16. The Labute approximate surface area is 96.0 Å². The van der Waals surface area contributed by atoms with Crippen LogP contribution >= 0.6 is 0 Å². The summed E-state index contributed by atoms with van der Waals surface area (Å²) in [4.78, 5) is 14.6. The molecule has 0 amide bonds. The normalized spacial score (nSPS) is 10.2. The van der Waals surface area contributed by atoms with Crippen molar-refractivity contribution in [1.29, 1.82) is 0 Å². The quantitative estimate of drug-likeness (QED) is 0.845. The van der Waals surface area contributed by atoms with Crippen molar-refractivity contribution >= 4 is 5.97 Å². The van der Waals surface area contributed by atoms with Gasteiger partial charge in [0.25, 0.3) is 0 Å². The Bertz CT molecular complexity index is 538. The molecule has 0 unspecified atom stereocenters. The average Bonchev–Trinajstić information content (AvgIpc) is 2.72. The van der Waals surface area contributed by atoms with Gasteiger partial charge in [0.15, 0.2) is 11.4 Å². The van der Waals surface area contributed by atoms with Crippen molar-refractivity contribution in [2.45, 2.75) is 13.5 Å². The molecule has 0 aliphatic carbocycles. The van der Waals surface area contributed by atoms with E-state index in [1.807, 2.05) is 0 Å². The van der Waals surface area contributed by atoms with Crippen molar-refractivity contribution in [2.24, 2.45) is 0 Å². The van der Waals surface area contributed by atoms with Gasteiger partial charge in [-0.05, 0) is 19.1 Å². The molecule has 0 saturated heterocycles. The summed E-state index contributed by atoms with van der Waals surface area (Å²) in [6.07, 6.45) is 1.39. The number of nitrogens with zero attached hydrogens (tertiary/aromatic N) is 3. The van der Waals surface area contributed by atoms with E-state index in [1.54, 1.807) is 13.0 Å². The number of aryl methyl sites for hydroxylation is 1. The Morgan fingerprint density at radius 1 is 1.53 bits per heavy atom. The molecule has 0 aromatic carbocycles. The molecule has 1 N–H and O–H groups in total. The molecule has 0 atom stereocenters. The van der Waals surface area contributed by atoms with Gasteiger partial charge in [-0.15, -0.1) is 0 Å². The summed E-state index contributed by atoms with van der Waals surface area (Å²) in [7, 11) is 0. The highest BCUT2D eigenvalue weighted by Gasteiger charge is 2.13. The van der Waals surface area contributed by atoms with Crippen LogP contribution in [0.25, 0.3) is 0 Å². The molecule has 2 aromatic heterocycles. The molecular weight excluding hydrogens is 226 g/mol. The summed E-state index contributed by atoms with van der Waals surface area (Å²) in [6.45, 7) is 1.80. The van der Waals surface area contributed by atoms with Crippen LogP contribution in [0, 0.1) is 6.92 Å². The molecule has 0 fully saturated rings. The van der Waals surface area contributed by atoms with Crippen molar-refractivity contribution in [3.8, 4) is 5.75 Å². The first-order valence-corrected chi connectivity index (χ1v) is 4.77. The van der Waals surface area contributed by atoms with Gasteiger partial charge in [-0.2, -0.15) is 0 Å². The van der Waals surface area contributed by atoms with Crippen LogP contribution in [-0.4, -0.2) is 26.4 Å². The molecule has 0 aliphatic heterocycles. The van der Waals surface area contributed by atoms with Gasteiger partial charge < -0.3 is 9.84 Å². The SMILES string of the molecule is Cc1nonc1COc1cccnc1C(=O)O. The van der Waals surface area contributed by atoms with Crippen molar-refractivity contribution in [3.63, 3.8) is 0 Å². The number of carbonyl (C=O) groups is 1.